The molecule has 0 saturated carbocycles. The molecule has 0 aromatic heterocycles. The number of rotatable bonds is 2. The minimum absolute atomic E-state index is 0.165. The topological polar surface area (TPSA) is 81.8 Å². The fourth-order valence-electron chi connectivity index (χ4n) is 2.18. The number of anilines is 2. The van der Waals surface area contributed by atoms with Crippen molar-refractivity contribution in [3.05, 3.63) is 24.3 Å². The Morgan fingerprint density at radius 1 is 0.909 bits per heavy atom. The summed E-state index contributed by atoms with van der Waals surface area (Å²) in [5, 5.41) is 5.21. The fourth-order valence-corrected chi connectivity index (χ4v) is 2.18. The molecule has 1 saturated heterocycles. The molecule has 1 aromatic rings. The molecule has 1 fully saturated rings. The molecular formula is C15H20N4O3. The number of amides is 3. The molecule has 1 aromatic carbocycles. The molecular weight excluding hydrogens is 284 g/mol. The molecule has 3 amide bonds. The zero-order chi connectivity index (χ0) is 16.1. The summed E-state index contributed by atoms with van der Waals surface area (Å²) in [6, 6.07) is 6.61. The van der Waals surface area contributed by atoms with Crippen LogP contribution in [0.25, 0.3) is 0 Å². The lowest BCUT2D eigenvalue weighted by molar-refractivity contribution is -0.144. The van der Waals surface area contributed by atoms with Crippen LogP contribution in [-0.4, -0.2) is 60.7 Å². The largest absolute Gasteiger partial charge is 0.332 e. The van der Waals surface area contributed by atoms with E-state index in [0.717, 1.165) is 13.1 Å². The number of likely N-dealkylation sites (N-methyl/N-ethyl adjacent to an activating group) is 1. The Hall–Kier alpha value is -2.41. The highest BCUT2D eigenvalue weighted by atomic mass is 16.2. The maximum atomic E-state index is 12.1. The molecule has 1 heterocycles. The van der Waals surface area contributed by atoms with Gasteiger partial charge in [-0.05, 0) is 31.3 Å². The van der Waals surface area contributed by atoms with E-state index in [2.05, 4.69) is 15.5 Å². The number of hydrogen-bond acceptors (Lipinski definition) is 4. The van der Waals surface area contributed by atoms with Crippen molar-refractivity contribution >= 4 is 29.1 Å². The Labute approximate surface area is 129 Å². The van der Waals surface area contributed by atoms with Gasteiger partial charge in [-0.15, -0.1) is 0 Å². The molecule has 1 aliphatic heterocycles. The summed E-state index contributed by atoms with van der Waals surface area (Å²) < 4.78 is 0. The summed E-state index contributed by atoms with van der Waals surface area (Å²) >= 11 is 0. The van der Waals surface area contributed by atoms with Gasteiger partial charge in [0.2, 0.25) is 5.91 Å². The van der Waals surface area contributed by atoms with Crippen LogP contribution in [0.2, 0.25) is 0 Å². The molecule has 0 radical (unpaired) electrons. The van der Waals surface area contributed by atoms with Crippen LogP contribution >= 0.6 is 0 Å². The van der Waals surface area contributed by atoms with Gasteiger partial charge in [-0.2, -0.15) is 0 Å². The smallest absolute Gasteiger partial charge is 0.313 e. The third kappa shape index (κ3) is 4.29. The highest BCUT2D eigenvalue weighted by molar-refractivity contribution is 6.39. The predicted octanol–water partition coefficient (Wildman–Crippen LogP) is 0.357. The fraction of sp³-hybridized carbons (Fsp3) is 0.400. The van der Waals surface area contributed by atoms with Crippen molar-refractivity contribution in [2.75, 3.05) is 43.9 Å². The van der Waals surface area contributed by atoms with E-state index >= 15 is 0 Å². The number of nitrogens with one attached hydrogen (secondary N) is 2. The zero-order valence-corrected chi connectivity index (χ0v) is 12.8. The second-order valence-corrected chi connectivity index (χ2v) is 5.31. The average Bonchev–Trinajstić information content (AvgIpc) is 2.49. The van der Waals surface area contributed by atoms with Crippen molar-refractivity contribution in [2.24, 2.45) is 0 Å². The second-order valence-electron chi connectivity index (χ2n) is 5.31. The quantitative estimate of drug-likeness (QED) is 0.773. The highest BCUT2D eigenvalue weighted by Crippen LogP contribution is 2.13. The highest BCUT2D eigenvalue weighted by Gasteiger charge is 2.24. The van der Waals surface area contributed by atoms with Gasteiger partial charge in [-0.1, -0.05) is 0 Å². The van der Waals surface area contributed by atoms with E-state index in [9.17, 15) is 14.4 Å². The van der Waals surface area contributed by atoms with E-state index in [1.165, 1.54) is 6.92 Å². The number of nitrogens with zero attached hydrogens (tertiary/aromatic N) is 2. The summed E-state index contributed by atoms with van der Waals surface area (Å²) in [6.07, 6.45) is 0. The first-order valence-electron chi connectivity index (χ1n) is 7.12. The van der Waals surface area contributed by atoms with Crippen LogP contribution in [0, 0.1) is 0 Å². The van der Waals surface area contributed by atoms with Crippen LogP contribution in [0.1, 0.15) is 6.92 Å². The van der Waals surface area contributed by atoms with Gasteiger partial charge in [-0.25, -0.2) is 0 Å². The minimum Gasteiger partial charge on any atom is -0.332 e. The van der Waals surface area contributed by atoms with Gasteiger partial charge >= 0.3 is 11.8 Å². The molecule has 7 heteroatoms. The SMILES string of the molecule is CC(=O)Nc1ccc(NC(=O)C(=O)N2CCN(C)CC2)cc1. The predicted molar refractivity (Wildman–Crippen MR) is 83.5 cm³/mol. The average molecular weight is 304 g/mol. The molecule has 118 valence electrons. The third-order valence-corrected chi connectivity index (χ3v) is 3.45. The summed E-state index contributed by atoms with van der Waals surface area (Å²) in [6.45, 7) is 4.08. The number of hydrogen-bond donors (Lipinski definition) is 2. The molecule has 1 aliphatic rings. The maximum Gasteiger partial charge on any atom is 0.313 e. The number of benzene rings is 1. The Kier molecular flexibility index (Phi) is 5.11. The van der Waals surface area contributed by atoms with Crippen LogP contribution in [0.15, 0.2) is 24.3 Å². The second kappa shape index (κ2) is 7.04. The van der Waals surface area contributed by atoms with Gasteiger partial charge in [-0.3, -0.25) is 14.4 Å². The van der Waals surface area contributed by atoms with Gasteiger partial charge in [0.1, 0.15) is 0 Å². The van der Waals surface area contributed by atoms with Gasteiger partial charge in [0.25, 0.3) is 0 Å². The first-order chi connectivity index (χ1) is 10.5. The van der Waals surface area contributed by atoms with E-state index < -0.39 is 11.8 Å². The van der Waals surface area contributed by atoms with Crippen LogP contribution < -0.4 is 10.6 Å². The number of carbonyl (C=O) groups is 3. The normalized spacial score (nSPS) is 15.3. The lowest BCUT2D eigenvalue weighted by atomic mass is 10.2. The summed E-state index contributed by atoms with van der Waals surface area (Å²) in [4.78, 5) is 38.6. The van der Waals surface area contributed by atoms with Crippen LogP contribution in [0.4, 0.5) is 11.4 Å². The van der Waals surface area contributed by atoms with Crippen molar-refractivity contribution < 1.29 is 14.4 Å². The van der Waals surface area contributed by atoms with E-state index in [4.69, 9.17) is 0 Å². The van der Waals surface area contributed by atoms with E-state index in [1.54, 1.807) is 29.2 Å². The van der Waals surface area contributed by atoms with Crippen molar-refractivity contribution in [3.8, 4) is 0 Å². The first kappa shape index (κ1) is 16.0. The summed E-state index contributed by atoms with van der Waals surface area (Å²) in [5.74, 6) is -1.32. The molecule has 0 spiro atoms. The lowest BCUT2D eigenvalue weighted by Crippen LogP contribution is -2.50. The minimum atomic E-state index is -0.642. The van der Waals surface area contributed by atoms with Crippen molar-refractivity contribution in [1.82, 2.24) is 9.80 Å². The van der Waals surface area contributed by atoms with Crippen molar-refractivity contribution in [3.63, 3.8) is 0 Å². The van der Waals surface area contributed by atoms with Gasteiger partial charge in [0.05, 0.1) is 0 Å². The summed E-state index contributed by atoms with van der Waals surface area (Å²) in [5.41, 5.74) is 1.15. The third-order valence-electron chi connectivity index (χ3n) is 3.45. The molecule has 7 nitrogen and oxygen atoms in total. The van der Waals surface area contributed by atoms with E-state index in [1.807, 2.05) is 7.05 Å². The van der Waals surface area contributed by atoms with Crippen molar-refractivity contribution in [2.45, 2.75) is 6.92 Å². The molecule has 0 aliphatic carbocycles. The van der Waals surface area contributed by atoms with Crippen LogP contribution in [0.3, 0.4) is 0 Å². The lowest BCUT2D eigenvalue weighted by Gasteiger charge is -2.31. The van der Waals surface area contributed by atoms with Crippen LogP contribution in [0.5, 0.6) is 0 Å². The Morgan fingerprint density at radius 2 is 1.41 bits per heavy atom. The number of carbonyl (C=O) groups excluding carboxylic acids is 3. The summed E-state index contributed by atoms with van der Waals surface area (Å²) in [7, 11) is 1.98. The van der Waals surface area contributed by atoms with Gasteiger partial charge in [0.15, 0.2) is 0 Å². The van der Waals surface area contributed by atoms with Gasteiger partial charge in [0, 0.05) is 44.5 Å². The Balaban J connectivity index is 1.91. The Morgan fingerprint density at radius 3 is 1.91 bits per heavy atom. The monoisotopic (exact) mass is 304 g/mol. The zero-order valence-electron chi connectivity index (χ0n) is 12.8. The molecule has 0 atom stereocenters. The van der Waals surface area contributed by atoms with E-state index in [-0.39, 0.29) is 5.91 Å². The molecule has 22 heavy (non-hydrogen) atoms. The molecule has 2 N–H and O–H groups in total. The molecule has 0 bridgehead atoms. The Bertz CT molecular complexity index is 563. The molecule has 2 rings (SSSR count). The maximum absolute atomic E-state index is 12.1. The first-order valence-corrected chi connectivity index (χ1v) is 7.12. The van der Waals surface area contributed by atoms with Crippen molar-refractivity contribution in [1.29, 1.82) is 0 Å². The molecule has 0 unspecified atom stereocenters. The number of piperazine rings is 1. The van der Waals surface area contributed by atoms with Gasteiger partial charge < -0.3 is 20.4 Å². The van der Waals surface area contributed by atoms with E-state index in [0.29, 0.717) is 24.5 Å². The standard InChI is InChI=1S/C15H20N4O3/c1-11(20)16-12-3-5-13(6-4-12)17-14(21)15(22)19-9-7-18(2)8-10-19/h3-6H,7-10H2,1-2H3,(H,16,20)(H,17,21). The van der Waals surface area contributed by atoms with Crippen LogP contribution in [-0.2, 0) is 14.4 Å².